The molecule has 158 valence electrons. The Hall–Kier alpha value is -2.10. The molecule has 0 spiro atoms. The summed E-state index contributed by atoms with van der Waals surface area (Å²) in [6.45, 7) is 0.751. The van der Waals surface area contributed by atoms with Gasteiger partial charge in [0.1, 0.15) is 5.56 Å². The van der Waals surface area contributed by atoms with Crippen LogP contribution in [-0.4, -0.2) is 50.5 Å². The average Bonchev–Trinajstić information content (AvgIpc) is 3.42. The predicted molar refractivity (Wildman–Crippen MR) is 112 cm³/mol. The van der Waals surface area contributed by atoms with Gasteiger partial charge >= 0.3 is 0 Å². The van der Waals surface area contributed by atoms with E-state index in [1.807, 2.05) is 0 Å². The molecule has 0 amide bonds. The van der Waals surface area contributed by atoms with E-state index in [1.54, 1.807) is 14.2 Å². The molecule has 1 aromatic heterocycles. The smallest absolute Gasteiger partial charge is 0.277 e. The Kier molecular flexibility index (Phi) is 6.21. The standard InChI is InChI=1S/C19H24ClN3O5S/c1-23-19(25)15(16(22-23)11-4-5-11)18(24)12-6-7-14(20)17(21-8-9-28-2)13(12)10-29(3,26)27/h6-7,11,21-22H,4-5,8-10H2,1-3H3. The molecule has 2 aromatic rings. The van der Waals surface area contributed by atoms with Gasteiger partial charge in [0.15, 0.2) is 9.84 Å². The normalized spacial score (nSPS) is 14.2. The van der Waals surface area contributed by atoms with Crippen LogP contribution < -0.4 is 10.9 Å². The van der Waals surface area contributed by atoms with Gasteiger partial charge in [-0.2, -0.15) is 0 Å². The number of H-pyrrole nitrogens is 1. The van der Waals surface area contributed by atoms with Crippen LogP contribution in [0.5, 0.6) is 0 Å². The molecule has 29 heavy (non-hydrogen) atoms. The van der Waals surface area contributed by atoms with Crippen LogP contribution in [0, 0.1) is 0 Å². The van der Waals surface area contributed by atoms with Gasteiger partial charge in [0.2, 0.25) is 5.78 Å². The van der Waals surface area contributed by atoms with Gasteiger partial charge in [-0.3, -0.25) is 19.4 Å². The highest BCUT2D eigenvalue weighted by molar-refractivity contribution is 7.89. The molecule has 1 aromatic carbocycles. The maximum absolute atomic E-state index is 13.4. The van der Waals surface area contributed by atoms with Crippen molar-refractivity contribution in [2.24, 2.45) is 7.05 Å². The summed E-state index contributed by atoms with van der Waals surface area (Å²) in [6, 6.07) is 3.01. The first kappa shape index (κ1) is 21.6. The third kappa shape index (κ3) is 4.73. The maximum Gasteiger partial charge on any atom is 0.277 e. The van der Waals surface area contributed by atoms with Crippen LogP contribution in [-0.2, 0) is 27.4 Å². The van der Waals surface area contributed by atoms with Crippen LogP contribution >= 0.6 is 11.6 Å². The maximum atomic E-state index is 13.4. The first-order valence-corrected chi connectivity index (χ1v) is 11.6. The van der Waals surface area contributed by atoms with E-state index in [9.17, 15) is 18.0 Å². The SMILES string of the molecule is COCCNc1c(Cl)ccc(C(=O)c2c(C3CC3)[nH]n(C)c2=O)c1CS(C)(=O)=O. The summed E-state index contributed by atoms with van der Waals surface area (Å²) in [5.41, 5.74) is 1.02. The quantitative estimate of drug-likeness (QED) is 0.455. The predicted octanol–water partition coefficient (Wildman–Crippen LogP) is 2.08. The summed E-state index contributed by atoms with van der Waals surface area (Å²) in [4.78, 5) is 26.0. The minimum absolute atomic E-state index is 0.0647. The van der Waals surface area contributed by atoms with Crippen molar-refractivity contribution in [2.75, 3.05) is 31.8 Å². The van der Waals surface area contributed by atoms with Crippen LogP contribution in [0.15, 0.2) is 16.9 Å². The minimum Gasteiger partial charge on any atom is -0.383 e. The van der Waals surface area contributed by atoms with E-state index < -0.39 is 21.2 Å². The third-order valence-corrected chi connectivity index (χ3v) is 5.94. The molecule has 1 fully saturated rings. The van der Waals surface area contributed by atoms with Crippen molar-refractivity contribution in [3.8, 4) is 0 Å². The molecule has 1 heterocycles. The number of sulfone groups is 1. The van der Waals surface area contributed by atoms with Crippen molar-refractivity contribution < 1.29 is 17.9 Å². The molecule has 1 aliphatic carbocycles. The lowest BCUT2D eigenvalue weighted by Gasteiger charge is -2.17. The van der Waals surface area contributed by atoms with E-state index in [-0.39, 0.29) is 28.4 Å². The van der Waals surface area contributed by atoms with Gasteiger partial charge < -0.3 is 10.1 Å². The number of hydrogen-bond donors (Lipinski definition) is 2. The summed E-state index contributed by atoms with van der Waals surface area (Å²) < 4.78 is 30.5. The number of carbonyl (C=O) groups is 1. The lowest BCUT2D eigenvalue weighted by Crippen LogP contribution is -2.22. The number of halogens is 1. The zero-order valence-electron chi connectivity index (χ0n) is 16.5. The number of aromatic nitrogens is 2. The van der Waals surface area contributed by atoms with E-state index in [2.05, 4.69) is 10.4 Å². The van der Waals surface area contributed by atoms with Crippen molar-refractivity contribution in [1.82, 2.24) is 9.78 Å². The molecular weight excluding hydrogens is 418 g/mol. The summed E-state index contributed by atoms with van der Waals surface area (Å²) in [5.74, 6) is -0.736. The monoisotopic (exact) mass is 441 g/mol. The second-order valence-electron chi connectivity index (χ2n) is 7.31. The summed E-state index contributed by atoms with van der Waals surface area (Å²) in [5, 5.41) is 6.32. The second kappa shape index (κ2) is 8.33. The Morgan fingerprint density at radius 3 is 2.66 bits per heavy atom. The number of aromatic amines is 1. The second-order valence-corrected chi connectivity index (χ2v) is 9.85. The number of rotatable bonds is 9. The van der Waals surface area contributed by atoms with Crippen molar-refractivity contribution in [2.45, 2.75) is 24.5 Å². The van der Waals surface area contributed by atoms with Crippen molar-refractivity contribution in [3.05, 3.63) is 49.9 Å². The van der Waals surface area contributed by atoms with Crippen molar-refractivity contribution in [1.29, 1.82) is 0 Å². The van der Waals surface area contributed by atoms with Crippen LogP contribution in [0.1, 0.15) is 45.9 Å². The number of ether oxygens (including phenoxy) is 1. The molecule has 2 N–H and O–H groups in total. The van der Waals surface area contributed by atoms with Gasteiger partial charge in [0, 0.05) is 44.0 Å². The van der Waals surface area contributed by atoms with Gasteiger partial charge in [-0.1, -0.05) is 11.6 Å². The summed E-state index contributed by atoms with van der Waals surface area (Å²) >= 11 is 6.31. The lowest BCUT2D eigenvalue weighted by molar-refractivity contribution is 0.103. The molecule has 8 nitrogen and oxygen atoms in total. The Morgan fingerprint density at radius 1 is 1.38 bits per heavy atom. The summed E-state index contributed by atoms with van der Waals surface area (Å²) in [6.07, 6.45) is 2.90. The number of anilines is 1. The topological polar surface area (TPSA) is 110 Å². The highest BCUT2D eigenvalue weighted by atomic mass is 35.5. The first-order valence-electron chi connectivity index (χ1n) is 9.19. The fourth-order valence-corrected chi connectivity index (χ4v) is 4.37. The molecule has 0 aliphatic heterocycles. The molecule has 0 radical (unpaired) electrons. The van der Waals surface area contributed by atoms with Gasteiger partial charge in [-0.05, 0) is 25.0 Å². The Morgan fingerprint density at radius 2 is 2.07 bits per heavy atom. The van der Waals surface area contributed by atoms with E-state index >= 15 is 0 Å². The molecule has 0 unspecified atom stereocenters. The van der Waals surface area contributed by atoms with Gasteiger partial charge in [0.25, 0.3) is 5.56 Å². The van der Waals surface area contributed by atoms with Gasteiger partial charge in [-0.25, -0.2) is 8.42 Å². The molecule has 0 atom stereocenters. The Labute approximate surface area is 174 Å². The van der Waals surface area contributed by atoms with Crippen molar-refractivity contribution >= 4 is 32.9 Å². The van der Waals surface area contributed by atoms with E-state index in [0.29, 0.717) is 29.6 Å². The van der Waals surface area contributed by atoms with Gasteiger partial charge in [0.05, 0.1) is 28.8 Å². The highest BCUT2D eigenvalue weighted by Gasteiger charge is 2.34. The number of methoxy groups -OCH3 is 1. The van der Waals surface area contributed by atoms with E-state index in [0.717, 1.165) is 19.1 Å². The minimum atomic E-state index is -3.48. The number of nitrogens with one attached hydrogen (secondary N) is 2. The molecule has 0 saturated heterocycles. The van der Waals surface area contributed by atoms with Crippen LogP contribution in [0.25, 0.3) is 0 Å². The fourth-order valence-electron chi connectivity index (χ4n) is 3.31. The Bertz CT molecular complexity index is 1100. The average molecular weight is 442 g/mol. The summed E-state index contributed by atoms with van der Waals surface area (Å²) in [7, 11) is -0.377. The molecule has 3 rings (SSSR count). The largest absolute Gasteiger partial charge is 0.383 e. The van der Waals surface area contributed by atoms with Gasteiger partial charge in [-0.15, -0.1) is 0 Å². The molecule has 0 bridgehead atoms. The zero-order valence-corrected chi connectivity index (χ0v) is 18.1. The highest BCUT2D eigenvalue weighted by Crippen LogP contribution is 2.41. The van der Waals surface area contributed by atoms with Crippen LogP contribution in [0.3, 0.4) is 0 Å². The number of nitrogens with zero attached hydrogens (tertiary/aromatic N) is 1. The number of carbonyl (C=O) groups excluding carboxylic acids is 1. The lowest BCUT2D eigenvalue weighted by atomic mass is 9.96. The van der Waals surface area contributed by atoms with Crippen molar-refractivity contribution in [3.63, 3.8) is 0 Å². The number of aryl methyl sites for hydroxylation is 1. The molecule has 1 aliphatic rings. The molecular formula is C19H24ClN3O5S. The Balaban J connectivity index is 2.15. The zero-order chi connectivity index (χ0) is 21.3. The molecule has 1 saturated carbocycles. The van der Waals surface area contributed by atoms with Crippen LogP contribution in [0.2, 0.25) is 5.02 Å². The van der Waals surface area contributed by atoms with E-state index in [4.69, 9.17) is 16.3 Å². The molecule has 10 heteroatoms. The number of ketones is 1. The van der Waals surface area contributed by atoms with Crippen LogP contribution in [0.4, 0.5) is 5.69 Å². The van der Waals surface area contributed by atoms with E-state index in [1.165, 1.54) is 16.8 Å². The third-order valence-electron chi connectivity index (χ3n) is 4.81. The first-order chi connectivity index (χ1) is 13.6. The fraction of sp³-hybridized carbons (Fsp3) is 0.474. The number of hydrogen-bond acceptors (Lipinski definition) is 6. The number of benzene rings is 1.